The minimum Gasteiger partial charge on any atom is -0.305 e. The molecule has 0 saturated carbocycles. The molecule has 17 heavy (non-hydrogen) atoms. The van der Waals surface area contributed by atoms with Gasteiger partial charge >= 0.3 is 6.03 Å². The van der Waals surface area contributed by atoms with Crippen LogP contribution in [0.4, 0.5) is 10.5 Å². The van der Waals surface area contributed by atoms with Gasteiger partial charge in [0.25, 0.3) is 0 Å². The number of hydroxylamine groups is 2. The summed E-state index contributed by atoms with van der Waals surface area (Å²) in [6.45, 7) is 2.82. The van der Waals surface area contributed by atoms with E-state index in [-0.39, 0.29) is 0 Å². The molecule has 0 fully saturated rings. The molecule has 2 N–H and O–H groups in total. The first kappa shape index (κ1) is 13.5. The van der Waals surface area contributed by atoms with Crippen molar-refractivity contribution in [3.8, 4) is 0 Å². The second kappa shape index (κ2) is 5.16. The summed E-state index contributed by atoms with van der Waals surface area (Å²) in [6.07, 6.45) is 0.471. The number of nitrogens with zero attached hydrogens (tertiary/aromatic N) is 1. The number of urea groups is 1. The smallest absolute Gasteiger partial charge is 0.305 e. The molecule has 1 aromatic carbocycles. The standard InChI is InChI=1S/C11H13ClN2O3/c1-11(2,7-15)14(17)10(16)13-9-6-4-3-5-8(9)12/h3-7,17H,1-2H3,(H,13,16). The zero-order valence-corrected chi connectivity index (χ0v) is 10.2. The highest BCUT2D eigenvalue weighted by atomic mass is 35.5. The van der Waals surface area contributed by atoms with E-state index in [4.69, 9.17) is 11.6 Å². The van der Waals surface area contributed by atoms with Gasteiger partial charge in [0, 0.05) is 0 Å². The number of anilines is 1. The maximum absolute atomic E-state index is 11.6. The molecule has 0 aromatic heterocycles. The minimum atomic E-state index is -1.30. The van der Waals surface area contributed by atoms with Gasteiger partial charge in [0.15, 0.2) is 0 Å². The van der Waals surface area contributed by atoms with E-state index in [9.17, 15) is 14.8 Å². The van der Waals surface area contributed by atoms with Crippen molar-refractivity contribution in [2.24, 2.45) is 0 Å². The molecule has 5 nitrogen and oxygen atoms in total. The first-order valence-electron chi connectivity index (χ1n) is 4.89. The summed E-state index contributed by atoms with van der Waals surface area (Å²) in [5.74, 6) is 0. The molecular formula is C11H13ClN2O3. The van der Waals surface area contributed by atoms with Crippen LogP contribution in [-0.4, -0.2) is 28.1 Å². The molecule has 0 spiro atoms. The molecule has 6 heteroatoms. The van der Waals surface area contributed by atoms with Crippen molar-refractivity contribution in [2.45, 2.75) is 19.4 Å². The molecule has 0 saturated heterocycles. The molecule has 0 atom stereocenters. The van der Waals surface area contributed by atoms with Gasteiger partial charge in [-0.15, -0.1) is 0 Å². The van der Waals surface area contributed by atoms with E-state index in [2.05, 4.69) is 5.32 Å². The number of halogens is 1. The van der Waals surface area contributed by atoms with Gasteiger partial charge in [-0.2, -0.15) is 5.06 Å². The number of rotatable bonds is 3. The van der Waals surface area contributed by atoms with Crippen molar-refractivity contribution < 1.29 is 14.8 Å². The van der Waals surface area contributed by atoms with Crippen molar-refractivity contribution in [1.29, 1.82) is 0 Å². The summed E-state index contributed by atoms with van der Waals surface area (Å²) in [7, 11) is 0. The number of amides is 2. The average molecular weight is 257 g/mol. The van der Waals surface area contributed by atoms with Crippen LogP contribution in [-0.2, 0) is 4.79 Å². The third-order valence-corrected chi connectivity index (χ3v) is 2.47. The van der Waals surface area contributed by atoms with Gasteiger partial charge in [-0.3, -0.25) is 5.21 Å². The summed E-state index contributed by atoms with van der Waals surface area (Å²) in [6, 6.07) is 5.76. The number of carbonyl (C=O) groups is 2. The Balaban J connectivity index is 2.80. The van der Waals surface area contributed by atoms with Crippen molar-refractivity contribution in [3.63, 3.8) is 0 Å². The van der Waals surface area contributed by atoms with E-state index in [0.717, 1.165) is 0 Å². The third-order valence-electron chi connectivity index (χ3n) is 2.14. The van der Waals surface area contributed by atoms with Crippen LogP contribution in [0.2, 0.25) is 5.02 Å². The number of nitrogens with one attached hydrogen (secondary N) is 1. The number of carbonyl (C=O) groups excluding carboxylic acids is 2. The van der Waals surface area contributed by atoms with Crippen molar-refractivity contribution in [3.05, 3.63) is 29.3 Å². The molecule has 0 aliphatic heterocycles. The van der Waals surface area contributed by atoms with E-state index in [0.29, 0.717) is 22.1 Å². The maximum Gasteiger partial charge on any atom is 0.346 e. The van der Waals surface area contributed by atoms with Gasteiger partial charge in [-0.05, 0) is 26.0 Å². The maximum atomic E-state index is 11.6. The van der Waals surface area contributed by atoms with E-state index in [1.54, 1.807) is 24.3 Å². The Labute approximate surface area is 104 Å². The Kier molecular flexibility index (Phi) is 4.09. The quantitative estimate of drug-likeness (QED) is 0.496. The van der Waals surface area contributed by atoms with Crippen LogP contribution >= 0.6 is 11.6 Å². The number of aldehydes is 1. The molecule has 0 bridgehead atoms. The lowest BCUT2D eigenvalue weighted by Gasteiger charge is -2.27. The van der Waals surface area contributed by atoms with Crippen molar-refractivity contribution >= 4 is 29.6 Å². The summed E-state index contributed by atoms with van der Waals surface area (Å²) in [5.41, 5.74) is -0.939. The summed E-state index contributed by atoms with van der Waals surface area (Å²) in [5, 5.41) is 12.6. The molecule has 0 heterocycles. The minimum absolute atomic E-state index is 0.323. The lowest BCUT2D eigenvalue weighted by molar-refractivity contribution is -0.139. The predicted molar refractivity (Wildman–Crippen MR) is 64.2 cm³/mol. The molecule has 1 aromatic rings. The molecule has 0 aliphatic carbocycles. The van der Waals surface area contributed by atoms with Crippen molar-refractivity contribution in [2.75, 3.05) is 5.32 Å². The first-order valence-corrected chi connectivity index (χ1v) is 5.27. The number of hydrogen-bond donors (Lipinski definition) is 2. The van der Waals surface area contributed by atoms with Gasteiger partial charge in [-0.1, -0.05) is 23.7 Å². The highest BCUT2D eigenvalue weighted by molar-refractivity contribution is 6.33. The number of hydrogen-bond acceptors (Lipinski definition) is 3. The first-order chi connectivity index (χ1) is 7.88. The van der Waals surface area contributed by atoms with Crippen LogP contribution in [0, 0.1) is 0 Å². The molecule has 0 radical (unpaired) electrons. The van der Waals surface area contributed by atoms with E-state index in [1.165, 1.54) is 13.8 Å². The summed E-state index contributed by atoms with van der Waals surface area (Å²) >= 11 is 5.84. The topological polar surface area (TPSA) is 69.6 Å². The van der Waals surface area contributed by atoms with E-state index in [1.807, 2.05) is 0 Å². The molecule has 0 aliphatic rings. The zero-order chi connectivity index (χ0) is 13.1. The monoisotopic (exact) mass is 256 g/mol. The summed E-state index contributed by atoms with van der Waals surface area (Å²) in [4.78, 5) is 22.3. The predicted octanol–water partition coefficient (Wildman–Crippen LogP) is 2.54. The van der Waals surface area contributed by atoms with Crippen LogP contribution in [0.1, 0.15) is 13.8 Å². The summed E-state index contributed by atoms with van der Waals surface area (Å²) < 4.78 is 0. The molecule has 0 unspecified atom stereocenters. The Hall–Kier alpha value is -1.59. The fourth-order valence-electron chi connectivity index (χ4n) is 1.04. The van der Waals surface area contributed by atoms with Gasteiger partial charge in [-0.25, -0.2) is 4.79 Å². The van der Waals surface area contributed by atoms with Crippen LogP contribution < -0.4 is 5.32 Å². The second-order valence-electron chi connectivity index (χ2n) is 3.99. The lowest BCUT2D eigenvalue weighted by atomic mass is 10.1. The Morgan fingerprint density at radius 1 is 1.47 bits per heavy atom. The fourth-order valence-corrected chi connectivity index (χ4v) is 1.23. The van der Waals surface area contributed by atoms with Crippen LogP contribution in [0.5, 0.6) is 0 Å². The van der Waals surface area contributed by atoms with Gasteiger partial charge < -0.3 is 10.1 Å². The molecule has 2 amide bonds. The Bertz CT molecular complexity index is 434. The van der Waals surface area contributed by atoms with Crippen LogP contribution in [0.25, 0.3) is 0 Å². The van der Waals surface area contributed by atoms with Crippen molar-refractivity contribution in [1.82, 2.24) is 5.06 Å². The normalized spacial score (nSPS) is 10.8. The van der Waals surface area contributed by atoms with Gasteiger partial charge in [0.1, 0.15) is 11.8 Å². The highest BCUT2D eigenvalue weighted by Crippen LogP contribution is 2.21. The molecule has 92 valence electrons. The largest absolute Gasteiger partial charge is 0.346 e. The average Bonchev–Trinajstić information content (AvgIpc) is 2.31. The Morgan fingerprint density at radius 2 is 2.06 bits per heavy atom. The fraction of sp³-hybridized carbons (Fsp3) is 0.273. The number of benzene rings is 1. The lowest BCUT2D eigenvalue weighted by Crippen LogP contribution is -2.48. The Morgan fingerprint density at radius 3 is 2.59 bits per heavy atom. The van der Waals surface area contributed by atoms with E-state index >= 15 is 0 Å². The van der Waals surface area contributed by atoms with Gasteiger partial charge in [0.05, 0.1) is 10.7 Å². The SMILES string of the molecule is CC(C)(C=O)N(O)C(=O)Nc1ccccc1Cl. The number of para-hydroxylation sites is 1. The molecular weight excluding hydrogens is 244 g/mol. The second-order valence-corrected chi connectivity index (χ2v) is 4.40. The third kappa shape index (κ3) is 3.18. The van der Waals surface area contributed by atoms with E-state index < -0.39 is 11.6 Å². The highest BCUT2D eigenvalue weighted by Gasteiger charge is 2.29. The zero-order valence-electron chi connectivity index (χ0n) is 9.48. The van der Waals surface area contributed by atoms with Gasteiger partial charge in [0.2, 0.25) is 0 Å². The van der Waals surface area contributed by atoms with Crippen LogP contribution in [0.3, 0.4) is 0 Å². The molecule has 1 rings (SSSR count). The van der Waals surface area contributed by atoms with Crippen LogP contribution in [0.15, 0.2) is 24.3 Å².